The van der Waals surface area contributed by atoms with Crippen LogP contribution >= 0.6 is 0 Å². The molecule has 0 saturated carbocycles. The van der Waals surface area contributed by atoms with Crippen molar-refractivity contribution in [2.45, 2.75) is 46.2 Å². The second-order valence-electron chi connectivity index (χ2n) is 5.71. The molecule has 3 unspecified atom stereocenters. The number of anilines is 1. The molecule has 5 heteroatoms. The van der Waals surface area contributed by atoms with Crippen LogP contribution in [0.5, 0.6) is 0 Å². The molecular formula is C16H21FN2O2. The highest BCUT2D eigenvalue weighted by atomic mass is 19.1. The highest BCUT2D eigenvalue weighted by Crippen LogP contribution is 2.27. The maximum absolute atomic E-state index is 14.2. The van der Waals surface area contributed by atoms with Crippen LogP contribution in [0.2, 0.25) is 0 Å². The van der Waals surface area contributed by atoms with Gasteiger partial charge < -0.3 is 5.32 Å². The lowest BCUT2D eigenvalue weighted by molar-refractivity contribution is -0.134. The Bertz CT molecular complexity index is 573. The van der Waals surface area contributed by atoms with Gasteiger partial charge in [0.05, 0.1) is 5.69 Å². The molecule has 4 nitrogen and oxygen atoms in total. The minimum Gasteiger partial charge on any atom is -0.342 e. The first-order chi connectivity index (χ1) is 9.86. The molecule has 1 heterocycles. The number of benzene rings is 1. The zero-order valence-corrected chi connectivity index (χ0v) is 12.8. The van der Waals surface area contributed by atoms with E-state index in [0.717, 1.165) is 12.0 Å². The Balaban J connectivity index is 2.43. The lowest BCUT2D eigenvalue weighted by atomic mass is 9.94. The third-order valence-electron chi connectivity index (χ3n) is 4.14. The first-order valence-corrected chi connectivity index (χ1v) is 7.26. The molecule has 1 aliphatic rings. The number of amides is 2. The van der Waals surface area contributed by atoms with Gasteiger partial charge in [-0.25, -0.2) is 4.39 Å². The van der Waals surface area contributed by atoms with E-state index in [9.17, 15) is 14.0 Å². The number of nitrogens with one attached hydrogen (secondary N) is 1. The minimum absolute atomic E-state index is 0.00459. The predicted octanol–water partition coefficient (Wildman–Crippen LogP) is 2.40. The van der Waals surface area contributed by atoms with Crippen LogP contribution in [-0.2, 0) is 9.59 Å². The largest absolute Gasteiger partial charge is 0.342 e. The van der Waals surface area contributed by atoms with E-state index in [2.05, 4.69) is 5.32 Å². The van der Waals surface area contributed by atoms with Crippen molar-refractivity contribution < 1.29 is 14.0 Å². The first-order valence-electron chi connectivity index (χ1n) is 7.26. The minimum atomic E-state index is -0.713. The summed E-state index contributed by atoms with van der Waals surface area (Å²) in [7, 11) is 0. The SMILES string of the molecule is CCC(C)C1NC(=O)C(C)N(c2ccc(C)cc2F)C1=O. The molecule has 3 atom stereocenters. The molecule has 1 saturated heterocycles. The summed E-state index contributed by atoms with van der Waals surface area (Å²) in [6.07, 6.45) is 0.759. The summed E-state index contributed by atoms with van der Waals surface area (Å²) >= 11 is 0. The molecule has 1 aromatic rings. The summed E-state index contributed by atoms with van der Waals surface area (Å²) in [5, 5.41) is 2.74. The van der Waals surface area contributed by atoms with Gasteiger partial charge in [0.15, 0.2) is 0 Å². The van der Waals surface area contributed by atoms with Crippen LogP contribution in [-0.4, -0.2) is 23.9 Å². The van der Waals surface area contributed by atoms with E-state index in [1.165, 1.54) is 11.0 Å². The van der Waals surface area contributed by atoms with Crippen molar-refractivity contribution in [3.8, 4) is 0 Å². The van der Waals surface area contributed by atoms with Gasteiger partial charge in [-0.3, -0.25) is 14.5 Å². The zero-order chi connectivity index (χ0) is 15.7. The van der Waals surface area contributed by atoms with Crippen LogP contribution in [0.4, 0.5) is 10.1 Å². The van der Waals surface area contributed by atoms with Crippen molar-refractivity contribution in [1.29, 1.82) is 0 Å². The number of rotatable bonds is 3. The fraction of sp³-hybridized carbons (Fsp3) is 0.500. The van der Waals surface area contributed by atoms with Crippen LogP contribution in [0.15, 0.2) is 18.2 Å². The molecule has 2 amide bonds. The van der Waals surface area contributed by atoms with Crippen molar-refractivity contribution in [2.24, 2.45) is 5.92 Å². The molecule has 1 aliphatic heterocycles. The Hall–Kier alpha value is -1.91. The number of nitrogens with zero attached hydrogens (tertiary/aromatic N) is 1. The molecule has 2 rings (SSSR count). The Morgan fingerprint density at radius 2 is 2.05 bits per heavy atom. The van der Waals surface area contributed by atoms with Crippen molar-refractivity contribution in [1.82, 2.24) is 5.32 Å². The van der Waals surface area contributed by atoms with Gasteiger partial charge in [0, 0.05) is 0 Å². The number of carbonyl (C=O) groups is 2. The summed E-state index contributed by atoms with van der Waals surface area (Å²) in [6.45, 7) is 7.25. The molecule has 1 fully saturated rings. The highest BCUT2D eigenvalue weighted by molar-refractivity contribution is 6.08. The molecule has 0 spiro atoms. The maximum atomic E-state index is 14.2. The lowest BCUT2D eigenvalue weighted by Crippen LogP contribution is -2.64. The molecule has 0 aromatic heterocycles. The standard InChI is InChI=1S/C16H21FN2O2/c1-5-10(3)14-16(21)19(11(4)15(20)18-14)13-7-6-9(2)8-12(13)17/h6-8,10-11,14H,5H2,1-4H3,(H,18,20). The second kappa shape index (κ2) is 5.84. The van der Waals surface area contributed by atoms with E-state index in [4.69, 9.17) is 0 Å². The molecule has 114 valence electrons. The number of halogens is 1. The summed E-state index contributed by atoms with van der Waals surface area (Å²) in [5.41, 5.74) is 0.942. The molecule has 0 aliphatic carbocycles. The van der Waals surface area contributed by atoms with Crippen LogP contribution in [0, 0.1) is 18.7 Å². The quantitative estimate of drug-likeness (QED) is 0.930. The predicted molar refractivity (Wildman–Crippen MR) is 79.5 cm³/mol. The lowest BCUT2D eigenvalue weighted by Gasteiger charge is -2.39. The monoisotopic (exact) mass is 292 g/mol. The van der Waals surface area contributed by atoms with Gasteiger partial charge in [-0.15, -0.1) is 0 Å². The smallest absolute Gasteiger partial charge is 0.250 e. The average molecular weight is 292 g/mol. The number of carbonyl (C=O) groups excluding carboxylic acids is 2. The van der Waals surface area contributed by atoms with Gasteiger partial charge in [0.1, 0.15) is 17.9 Å². The topological polar surface area (TPSA) is 49.4 Å². The van der Waals surface area contributed by atoms with Gasteiger partial charge in [-0.1, -0.05) is 26.3 Å². The third kappa shape index (κ3) is 2.77. The Labute approximate surface area is 124 Å². The summed E-state index contributed by atoms with van der Waals surface area (Å²) in [4.78, 5) is 26.1. The molecular weight excluding hydrogens is 271 g/mol. The zero-order valence-electron chi connectivity index (χ0n) is 12.8. The average Bonchev–Trinajstić information content (AvgIpc) is 2.44. The number of aryl methyl sites for hydroxylation is 1. The Kier molecular flexibility index (Phi) is 4.30. The van der Waals surface area contributed by atoms with Crippen LogP contribution in [0.25, 0.3) is 0 Å². The molecule has 1 N–H and O–H groups in total. The van der Waals surface area contributed by atoms with Gasteiger partial charge in [-0.2, -0.15) is 0 Å². The second-order valence-corrected chi connectivity index (χ2v) is 5.71. The van der Waals surface area contributed by atoms with Crippen LogP contribution in [0.3, 0.4) is 0 Å². The van der Waals surface area contributed by atoms with E-state index in [1.807, 2.05) is 13.8 Å². The van der Waals surface area contributed by atoms with E-state index in [1.54, 1.807) is 26.0 Å². The number of hydrogen-bond acceptors (Lipinski definition) is 2. The highest BCUT2D eigenvalue weighted by Gasteiger charge is 2.41. The van der Waals surface area contributed by atoms with E-state index >= 15 is 0 Å². The van der Waals surface area contributed by atoms with Crippen molar-refractivity contribution in [3.05, 3.63) is 29.6 Å². The van der Waals surface area contributed by atoms with Gasteiger partial charge in [0.25, 0.3) is 5.91 Å². The van der Waals surface area contributed by atoms with Gasteiger partial charge in [-0.05, 0) is 37.5 Å². The fourth-order valence-electron chi connectivity index (χ4n) is 2.55. The summed E-state index contributed by atoms with van der Waals surface area (Å²) in [6, 6.07) is 3.36. The fourth-order valence-corrected chi connectivity index (χ4v) is 2.55. The van der Waals surface area contributed by atoms with Crippen molar-refractivity contribution >= 4 is 17.5 Å². The normalized spacial score (nSPS) is 24.0. The maximum Gasteiger partial charge on any atom is 0.250 e. The van der Waals surface area contributed by atoms with E-state index < -0.39 is 17.9 Å². The molecule has 0 bridgehead atoms. The molecule has 0 radical (unpaired) electrons. The van der Waals surface area contributed by atoms with Crippen molar-refractivity contribution in [3.63, 3.8) is 0 Å². The van der Waals surface area contributed by atoms with Crippen LogP contribution < -0.4 is 10.2 Å². The van der Waals surface area contributed by atoms with E-state index in [0.29, 0.717) is 0 Å². The number of piperazine rings is 1. The molecule has 1 aromatic carbocycles. The summed E-state index contributed by atoms with van der Waals surface area (Å²) < 4.78 is 14.2. The summed E-state index contributed by atoms with van der Waals surface area (Å²) in [5.74, 6) is -0.975. The van der Waals surface area contributed by atoms with Crippen molar-refractivity contribution in [2.75, 3.05) is 4.90 Å². The van der Waals surface area contributed by atoms with E-state index in [-0.39, 0.29) is 23.4 Å². The van der Waals surface area contributed by atoms with Gasteiger partial charge in [0.2, 0.25) is 5.91 Å². The molecule has 21 heavy (non-hydrogen) atoms. The van der Waals surface area contributed by atoms with Crippen LogP contribution in [0.1, 0.15) is 32.8 Å². The van der Waals surface area contributed by atoms with Gasteiger partial charge >= 0.3 is 0 Å². The Morgan fingerprint density at radius 3 is 2.62 bits per heavy atom. The number of hydrogen-bond donors (Lipinski definition) is 1. The Morgan fingerprint density at radius 1 is 1.38 bits per heavy atom. The third-order valence-corrected chi connectivity index (χ3v) is 4.14. The first kappa shape index (κ1) is 15.5.